The molecule has 0 aromatic carbocycles. The fraction of sp³-hybridized carbons (Fsp3) is 0.778. The minimum atomic E-state index is -1.46. The van der Waals surface area contributed by atoms with Crippen molar-refractivity contribution in [3.05, 3.63) is 0 Å². The van der Waals surface area contributed by atoms with Crippen molar-refractivity contribution in [3.63, 3.8) is 0 Å². The van der Waals surface area contributed by atoms with E-state index >= 15 is 0 Å². The predicted molar refractivity (Wildman–Crippen MR) is 137 cm³/mol. The van der Waals surface area contributed by atoms with Gasteiger partial charge >= 0.3 is 23.9 Å². The van der Waals surface area contributed by atoms with Crippen LogP contribution in [0.4, 0.5) is 0 Å². The zero-order valence-electron chi connectivity index (χ0n) is 23.7. The largest absolute Gasteiger partial charge is 0.463 e. The number of amides is 1. The van der Waals surface area contributed by atoms with Gasteiger partial charge in [0, 0.05) is 38.5 Å². The molecule has 1 N–H and O–H groups in total. The number of ether oxygens (including phenoxy) is 5. The van der Waals surface area contributed by atoms with E-state index in [9.17, 15) is 28.8 Å². The minimum Gasteiger partial charge on any atom is -0.463 e. The second-order valence-corrected chi connectivity index (χ2v) is 9.42. The van der Waals surface area contributed by atoms with Gasteiger partial charge in [-0.3, -0.25) is 24.0 Å². The van der Waals surface area contributed by atoms with Gasteiger partial charge in [0.25, 0.3) is 0 Å². The molecule has 3 unspecified atom stereocenters. The Morgan fingerprint density at radius 3 is 1.64 bits per heavy atom. The van der Waals surface area contributed by atoms with Crippen molar-refractivity contribution in [2.24, 2.45) is 0 Å². The number of carbonyl (C=O) groups is 6. The second kappa shape index (κ2) is 18.3. The van der Waals surface area contributed by atoms with Crippen LogP contribution < -0.4 is 5.32 Å². The van der Waals surface area contributed by atoms with Gasteiger partial charge in [0.05, 0.1) is 0 Å². The Hall–Kier alpha value is -3.02. The van der Waals surface area contributed by atoms with Crippen LogP contribution in [-0.4, -0.2) is 72.8 Å². The summed E-state index contributed by atoms with van der Waals surface area (Å²) in [6.45, 7) is 8.10. The molecule has 1 aliphatic heterocycles. The van der Waals surface area contributed by atoms with Crippen molar-refractivity contribution in [1.82, 2.24) is 5.32 Å². The minimum absolute atomic E-state index is 0.0361. The van der Waals surface area contributed by atoms with Crippen LogP contribution in [0.3, 0.4) is 0 Å². The third-order valence-corrected chi connectivity index (χ3v) is 5.69. The van der Waals surface area contributed by atoms with Crippen LogP contribution in [0.2, 0.25) is 0 Å². The molecule has 1 heterocycles. The van der Waals surface area contributed by atoms with Crippen molar-refractivity contribution in [2.75, 3.05) is 6.61 Å². The summed E-state index contributed by atoms with van der Waals surface area (Å²) in [6.07, 6.45) is -3.22. The first kappa shape index (κ1) is 34.0. The molecule has 0 spiro atoms. The van der Waals surface area contributed by atoms with E-state index in [0.29, 0.717) is 25.7 Å². The Balaban J connectivity index is 3.48. The van der Waals surface area contributed by atoms with Crippen molar-refractivity contribution in [2.45, 2.75) is 129 Å². The van der Waals surface area contributed by atoms with Crippen LogP contribution in [0.15, 0.2) is 0 Å². The Morgan fingerprint density at radius 2 is 1.13 bits per heavy atom. The predicted octanol–water partition coefficient (Wildman–Crippen LogP) is 2.68. The van der Waals surface area contributed by atoms with Gasteiger partial charge in [-0.15, -0.1) is 0 Å². The van der Waals surface area contributed by atoms with Gasteiger partial charge in [0.15, 0.2) is 12.2 Å². The topological polar surface area (TPSA) is 161 Å². The van der Waals surface area contributed by atoms with Gasteiger partial charge < -0.3 is 33.8 Å². The van der Waals surface area contributed by atoms with Gasteiger partial charge in [-0.05, 0) is 32.6 Å². The van der Waals surface area contributed by atoms with E-state index in [-0.39, 0.29) is 50.9 Å². The van der Waals surface area contributed by atoms with E-state index in [1.54, 1.807) is 27.7 Å². The number of nitrogens with one attached hydrogen (secondary N) is 1. The fourth-order valence-electron chi connectivity index (χ4n) is 3.80. The maximum atomic E-state index is 12.8. The van der Waals surface area contributed by atoms with Crippen LogP contribution in [0.5, 0.6) is 0 Å². The van der Waals surface area contributed by atoms with Gasteiger partial charge in [-0.1, -0.05) is 27.7 Å². The van der Waals surface area contributed by atoms with Crippen LogP contribution in [-0.2, 0) is 52.5 Å². The molecule has 1 rings (SSSR count). The van der Waals surface area contributed by atoms with Gasteiger partial charge in [-0.25, -0.2) is 0 Å². The lowest BCUT2D eigenvalue weighted by molar-refractivity contribution is -0.272. The first-order valence-electron chi connectivity index (χ1n) is 13.7. The number of esters is 4. The summed E-state index contributed by atoms with van der Waals surface area (Å²) in [5.41, 5.74) is 0. The van der Waals surface area contributed by atoms with Crippen LogP contribution in [0.1, 0.15) is 98.8 Å². The highest BCUT2D eigenvalue weighted by molar-refractivity contribution is 5.83. The second-order valence-electron chi connectivity index (χ2n) is 9.42. The van der Waals surface area contributed by atoms with Gasteiger partial charge in [0.1, 0.15) is 24.5 Å². The highest BCUT2D eigenvalue weighted by Gasteiger charge is 2.52. The molecule has 5 atom stereocenters. The molecule has 12 heteroatoms. The number of carbonyl (C=O) groups excluding carboxylic acids is 6. The van der Waals surface area contributed by atoms with E-state index in [1.165, 1.54) is 6.92 Å². The molecule has 12 nitrogen and oxygen atoms in total. The number of Topliss-reactive ketones (excluding diaryl/α,β-unsaturated/α-hetero) is 1. The average Bonchev–Trinajstić information content (AvgIpc) is 2.85. The summed E-state index contributed by atoms with van der Waals surface area (Å²) < 4.78 is 28.2. The Bertz CT molecular complexity index is 844. The molecule has 1 fully saturated rings. The molecular formula is C27H43NO11. The maximum absolute atomic E-state index is 12.8. The van der Waals surface area contributed by atoms with Crippen molar-refractivity contribution < 1.29 is 52.5 Å². The highest BCUT2D eigenvalue weighted by Crippen LogP contribution is 2.29. The van der Waals surface area contributed by atoms with E-state index in [4.69, 9.17) is 23.7 Å². The Morgan fingerprint density at radius 1 is 0.641 bits per heavy atom. The standard InChI is InChI=1S/C27H43NO11/c1-6-10-20(31)35-16-18-25(37-21(32)11-7-2)26(38-22(33)12-8-3)24(28-19(30)15-14-17(5)29)27(36-18)39-23(34)13-9-4/h18,24-27H,6-16H2,1-5H3,(H,28,30)/t18?,24?,25-,26-,27?/m1/s1. The normalized spacial score (nSPS) is 22.3. The summed E-state index contributed by atoms with van der Waals surface area (Å²) >= 11 is 0. The maximum Gasteiger partial charge on any atom is 0.308 e. The molecule has 0 aliphatic carbocycles. The summed E-state index contributed by atoms with van der Waals surface area (Å²) in [5, 5.41) is 2.64. The number of hydrogen-bond acceptors (Lipinski definition) is 11. The van der Waals surface area contributed by atoms with Crippen molar-refractivity contribution in [1.29, 1.82) is 0 Å². The molecular weight excluding hydrogens is 514 g/mol. The van der Waals surface area contributed by atoms with E-state index in [2.05, 4.69) is 5.32 Å². The number of ketones is 1. The molecule has 1 saturated heterocycles. The molecule has 1 amide bonds. The first-order chi connectivity index (χ1) is 18.6. The molecule has 0 aromatic heterocycles. The molecule has 222 valence electrons. The molecule has 0 radical (unpaired) electrons. The summed E-state index contributed by atoms with van der Waals surface area (Å²) in [4.78, 5) is 73.9. The highest BCUT2D eigenvalue weighted by atomic mass is 16.7. The third kappa shape index (κ3) is 12.6. The average molecular weight is 558 g/mol. The van der Waals surface area contributed by atoms with E-state index in [1.807, 2.05) is 0 Å². The summed E-state index contributed by atoms with van der Waals surface area (Å²) in [6, 6.07) is -1.27. The molecule has 0 aromatic rings. The third-order valence-electron chi connectivity index (χ3n) is 5.69. The smallest absolute Gasteiger partial charge is 0.308 e. The SMILES string of the molecule is CCCC(=O)OCC1OC(OC(=O)CCC)C(NC(=O)CCC(C)=O)[C@@H](OC(=O)CCC)[C@@H]1OC(=O)CCC. The van der Waals surface area contributed by atoms with Crippen molar-refractivity contribution in [3.8, 4) is 0 Å². The fourth-order valence-corrected chi connectivity index (χ4v) is 3.80. The molecule has 39 heavy (non-hydrogen) atoms. The summed E-state index contributed by atoms with van der Waals surface area (Å²) in [5.74, 6) is -3.19. The van der Waals surface area contributed by atoms with E-state index in [0.717, 1.165) is 0 Å². The molecule has 1 aliphatic rings. The lowest BCUT2D eigenvalue weighted by atomic mass is 9.95. The molecule has 0 bridgehead atoms. The lowest BCUT2D eigenvalue weighted by Crippen LogP contribution is -2.67. The number of rotatable bonds is 17. The van der Waals surface area contributed by atoms with E-state index < -0.39 is 60.4 Å². The molecule has 0 saturated carbocycles. The van der Waals surface area contributed by atoms with Crippen LogP contribution in [0.25, 0.3) is 0 Å². The van der Waals surface area contributed by atoms with Crippen LogP contribution in [0, 0.1) is 0 Å². The quantitative estimate of drug-likeness (QED) is 0.207. The van der Waals surface area contributed by atoms with Crippen molar-refractivity contribution >= 4 is 35.6 Å². The number of hydrogen-bond donors (Lipinski definition) is 1. The zero-order chi connectivity index (χ0) is 29.4. The Labute approximate surface area is 229 Å². The lowest BCUT2D eigenvalue weighted by Gasteiger charge is -2.44. The monoisotopic (exact) mass is 557 g/mol. The Kier molecular flexibility index (Phi) is 16.0. The van der Waals surface area contributed by atoms with Gasteiger partial charge in [-0.2, -0.15) is 0 Å². The van der Waals surface area contributed by atoms with Gasteiger partial charge in [0.2, 0.25) is 12.2 Å². The first-order valence-corrected chi connectivity index (χ1v) is 13.7. The zero-order valence-corrected chi connectivity index (χ0v) is 23.7. The summed E-state index contributed by atoms with van der Waals surface area (Å²) in [7, 11) is 0. The van der Waals surface area contributed by atoms with Crippen LogP contribution >= 0.6 is 0 Å².